The molecular weight excluding hydrogens is 361 g/mol. The molecule has 0 saturated carbocycles. The van der Waals surface area contributed by atoms with Crippen LogP contribution < -0.4 is 5.56 Å². The predicted molar refractivity (Wildman–Crippen MR) is 84.1 cm³/mol. The van der Waals surface area contributed by atoms with Crippen LogP contribution in [0.4, 0.5) is 13.2 Å². The normalized spacial score (nSPS) is 13.2. The molecule has 25 heavy (non-hydrogen) atoms. The van der Waals surface area contributed by atoms with Gasteiger partial charge in [-0.3, -0.25) is 14.3 Å². The number of halogens is 4. The molecule has 10 heteroatoms. The summed E-state index contributed by atoms with van der Waals surface area (Å²) in [7, 11) is 0. The van der Waals surface area contributed by atoms with E-state index in [0.717, 1.165) is 6.33 Å². The average molecular weight is 371 g/mol. The molecule has 0 unspecified atom stereocenters. The SMILES string of the molecule is O=c1c2cc(Cl)nc(-c3cccnc3)c2ncn1C[C@H](O)C(F)(F)F. The Balaban J connectivity index is 2.16. The lowest BCUT2D eigenvalue weighted by atomic mass is 10.1. The van der Waals surface area contributed by atoms with E-state index in [9.17, 15) is 18.0 Å². The highest BCUT2D eigenvalue weighted by molar-refractivity contribution is 6.30. The summed E-state index contributed by atoms with van der Waals surface area (Å²) in [5.41, 5.74) is 0.258. The minimum Gasteiger partial charge on any atom is -0.382 e. The van der Waals surface area contributed by atoms with Gasteiger partial charge in [-0.05, 0) is 18.2 Å². The van der Waals surface area contributed by atoms with Crippen molar-refractivity contribution in [3.8, 4) is 11.3 Å². The lowest BCUT2D eigenvalue weighted by molar-refractivity contribution is -0.207. The highest BCUT2D eigenvalue weighted by Gasteiger charge is 2.38. The van der Waals surface area contributed by atoms with Crippen LogP contribution in [0.3, 0.4) is 0 Å². The zero-order valence-corrected chi connectivity index (χ0v) is 13.2. The van der Waals surface area contributed by atoms with Gasteiger partial charge >= 0.3 is 6.18 Å². The van der Waals surface area contributed by atoms with Gasteiger partial charge in [0.15, 0.2) is 6.10 Å². The van der Waals surface area contributed by atoms with E-state index in [0.29, 0.717) is 10.1 Å². The van der Waals surface area contributed by atoms with Gasteiger partial charge in [-0.15, -0.1) is 0 Å². The van der Waals surface area contributed by atoms with Crippen LogP contribution in [0, 0.1) is 0 Å². The van der Waals surface area contributed by atoms with Gasteiger partial charge in [0.1, 0.15) is 16.4 Å². The molecule has 3 heterocycles. The monoisotopic (exact) mass is 370 g/mol. The van der Waals surface area contributed by atoms with Crippen LogP contribution in [-0.4, -0.2) is 36.9 Å². The molecule has 130 valence electrons. The van der Waals surface area contributed by atoms with Crippen molar-refractivity contribution in [1.82, 2.24) is 19.5 Å². The van der Waals surface area contributed by atoms with Crippen LogP contribution in [0.15, 0.2) is 41.7 Å². The van der Waals surface area contributed by atoms with Crippen molar-refractivity contribution >= 4 is 22.5 Å². The Morgan fingerprint density at radius 3 is 2.76 bits per heavy atom. The summed E-state index contributed by atoms with van der Waals surface area (Å²) >= 11 is 5.94. The maximum Gasteiger partial charge on any atom is 0.416 e. The molecular formula is C15H10ClF3N4O2. The van der Waals surface area contributed by atoms with E-state index in [-0.39, 0.29) is 21.7 Å². The molecule has 3 rings (SSSR count). The second-order valence-corrected chi connectivity index (χ2v) is 5.58. The molecule has 0 saturated heterocycles. The quantitative estimate of drug-likeness (QED) is 0.716. The van der Waals surface area contributed by atoms with Crippen LogP contribution in [-0.2, 0) is 6.54 Å². The molecule has 3 aromatic rings. The smallest absolute Gasteiger partial charge is 0.382 e. The van der Waals surface area contributed by atoms with Gasteiger partial charge in [-0.1, -0.05) is 11.6 Å². The molecule has 0 fully saturated rings. The van der Waals surface area contributed by atoms with Crippen molar-refractivity contribution in [2.75, 3.05) is 0 Å². The molecule has 0 aromatic carbocycles. The molecule has 3 aromatic heterocycles. The van der Waals surface area contributed by atoms with Crippen molar-refractivity contribution in [2.45, 2.75) is 18.8 Å². The molecule has 0 amide bonds. The second-order valence-electron chi connectivity index (χ2n) is 5.19. The summed E-state index contributed by atoms with van der Waals surface area (Å²) in [4.78, 5) is 24.6. The van der Waals surface area contributed by atoms with Crippen LogP contribution >= 0.6 is 11.6 Å². The minimum atomic E-state index is -4.84. The molecule has 0 radical (unpaired) electrons. The molecule has 0 spiro atoms. The van der Waals surface area contributed by atoms with Crippen molar-refractivity contribution in [1.29, 1.82) is 0 Å². The lowest BCUT2D eigenvalue weighted by Crippen LogP contribution is -2.36. The van der Waals surface area contributed by atoms with E-state index < -0.39 is 24.4 Å². The van der Waals surface area contributed by atoms with Crippen LogP contribution in [0.5, 0.6) is 0 Å². The fourth-order valence-corrected chi connectivity index (χ4v) is 2.45. The van der Waals surface area contributed by atoms with Crippen LogP contribution in [0.1, 0.15) is 0 Å². The Morgan fingerprint density at radius 1 is 1.36 bits per heavy atom. The zero-order valence-electron chi connectivity index (χ0n) is 12.4. The number of aliphatic hydroxyl groups excluding tert-OH is 1. The average Bonchev–Trinajstić information content (AvgIpc) is 2.57. The van der Waals surface area contributed by atoms with Crippen molar-refractivity contribution in [3.05, 3.63) is 52.4 Å². The third kappa shape index (κ3) is 3.47. The highest BCUT2D eigenvalue weighted by Crippen LogP contribution is 2.26. The molecule has 6 nitrogen and oxygen atoms in total. The van der Waals surface area contributed by atoms with Gasteiger partial charge in [-0.2, -0.15) is 13.2 Å². The van der Waals surface area contributed by atoms with Gasteiger partial charge < -0.3 is 5.11 Å². The molecule has 0 aliphatic carbocycles. The molecule has 0 aliphatic rings. The largest absolute Gasteiger partial charge is 0.416 e. The summed E-state index contributed by atoms with van der Waals surface area (Å²) in [6, 6.07) is 4.57. The number of rotatable bonds is 3. The number of aliphatic hydroxyl groups is 1. The Labute approximate surface area is 143 Å². The van der Waals surface area contributed by atoms with Crippen molar-refractivity contribution < 1.29 is 18.3 Å². The van der Waals surface area contributed by atoms with Gasteiger partial charge in [-0.25, -0.2) is 9.97 Å². The standard InChI is InChI=1S/C15H10ClF3N4O2/c16-11-4-9-13(12(22-11)8-2-1-3-20-5-8)21-7-23(14(9)25)6-10(24)15(17,18)19/h1-5,7,10,24H,6H2/t10-/m0/s1. The summed E-state index contributed by atoms with van der Waals surface area (Å²) in [5, 5.41) is 9.15. The number of alkyl halides is 3. The van der Waals surface area contributed by atoms with Gasteiger partial charge in [0.05, 0.1) is 18.3 Å². The maximum absolute atomic E-state index is 12.5. The molecule has 1 N–H and O–H groups in total. The van der Waals surface area contributed by atoms with Gasteiger partial charge in [0, 0.05) is 18.0 Å². The second kappa shape index (κ2) is 6.41. The maximum atomic E-state index is 12.5. The van der Waals surface area contributed by atoms with E-state index in [2.05, 4.69) is 15.0 Å². The van der Waals surface area contributed by atoms with Crippen LogP contribution in [0.25, 0.3) is 22.2 Å². The highest BCUT2D eigenvalue weighted by atomic mass is 35.5. The summed E-state index contributed by atoms with van der Waals surface area (Å²) in [6.07, 6.45) is -3.53. The number of hydrogen-bond donors (Lipinski definition) is 1. The van der Waals surface area contributed by atoms with E-state index >= 15 is 0 Å². The predicted octanol–water partition coefficient (Wildman–Crippen LogP) is 2.43. The number of aromatic nitrogens is 4. The number of nitrogens with zero attached hydrogens (tertiary/aromatic N) is 4. The Morgan fingerprint density at radius 2 is 2.12 bits per heavy atom. The van der Waals surface area contributed by atoms with E-state index in [1.807, 2.05) is 0 Å². The van der Waals surface area contributed by atoms with Crippen molar-refractivity contribution in [3.63, 3.8) is 0 Å². The number of pyridine rings is 2. The molecule has 0 aliphatic heterocycles. The number of hydrogen-bond acceptors (Lipinski definition) is 5. The third-order valence-corrected chi connectivity index (χ3v) is 3.66. The topological polar surface area (TPSA) is 80.9 Å². The minimum absolute atomic E-state index is 0.00396. The fraction of sp³-hybridized carbons (Fsp3) is 0.200. The summed E-state index contributed by atoms with van der Waals surface area (Å²) in [6.45, 7) is -0.965. The Bertz CT molecular complexity index is 976. The first-order valence-corrected chi connectivity index (χ1v) is 7.36. The Kier molecular flexibility index (Phi) is 4.44. The molecule has 0 bridgehead atoms. The first kappa shape index (κ1) is 17.3. The van der Waals surface area contributed by atoms with Gasteiger partial charge in [0.25, 0.3) is 5.56 Å². The van der Waals surface area contributed by atoms with Gasteiger partial charge in [0.2, 0.25) is 0 Å². The van der Waals surface area contributed by atoms with Crippen molar-refractivity contribution in [2.24, 2.45) is 0 Å². The summed E-state index contributed by atoms with van der Waals surface area (Å²) in [5.74, 6) is 0. The first-order valence-electron chi connectivity index (χ1n) is 6.98. The number of fused-ring (bicyclic) bond motifs is 1. The zero-order chi connectivity index (χ0) is 18.2. The van der Waals surface area contributed by atoms with E-state index in [1.165, 1.54) is 12.3 Å². The summed E-state index contributed by atoms with van der Waals surface area (Å²) < 4.78 is 38.2. The Hall–Kier alpha value is -2.52. The molecule has 1 atom stereocenters. The third-order valence-electron chi connectivity index (χ3n) is 3.46. The first-order chi connectivity index (χ1) is 11.8. The van der Waals surface area contributed by atoms with Crippen LogP contribution in [0.2, 0.25) is 5.15 Å². The van der Waals surface area contributed by atoms with E-state index in [4.69, 9.17) is 16.7 Å². The lowest BCUT2D eigenvalue weighted by Gasteiger charge is -2.16. The van der Waals surface area contributed by atoms with E-state index in [1.54, 1.807) is 18.3 Å². The fourth-order valence-electron chi connectivity index (χ4n) is 2.26.